The van der Waals surface area contributed by atoms with Crippen LogP contribution in [0, 0.1) is 0 Å². The molecule has 0 saturated carbocycles. The van der Waals surface area contributed by atoms with Crippen molar-refractivity contribution in [2.75, 3.05) is 383 Å². The largest absolute Gasteiger partial charge is 0.394 e. The minimum absolute atomic E-state index is 0.0167. The van der Waals surface area contributed by atoms with Crippen LogP contribution in [0.15, 0.2) is 0 Å². The lowest BCUT2D eigenvalue weighted by Crippen LogP contribution is -2.16. The first kappa shape index (κ1) is 86.8. The highest BCUT2D eigenvalue weighted by Crippen LogP contribution is 1.92. The molecule has 0 saturated heterocycles. The summed E-state index contributed by atoms with van der Waals surface area (Å²) in [7, 11) is 0. The Morgan fingerprint density at radius 3 is 0.170 bits per heavy atom. The van der Waals surface area contributed by atoms with Crippen LogP contribution >= 0.6 is 0 Å². The second-order valence-corrected chi connectivity index (χ2v) is 17.6. The van der Waals surface area contributed by atoms with Crippen LogP contribution in [0.25, 0.3) is 0 Å². The van der Waals surface area contributed by atoms with Crippen LogP contribution in [-0.4, -0.2) is 393 Å². The van der Waals surface area contributed by atoms with E-state index in [2.05, 4.69) is 0 Å². The molecule has 0 bridgehead atoms. The van der Waals surface area contributed by atoms with Gasteiger partial charge < -0.3 is 143 Å². The third-order valence-electron chi connectivity index (χ3n) is 10.5. The molecule has 30 heteroatoms. The van der Waals surface area contributed by atoms with E-state index >= 15 is 0 Å². The summed E-state index contributed by atoms with van der Waals surface area (Å²) >= 11 is 0. The van der Waals surface area contributed by atoms with Crippen molar-refractivity contribution in [3.63, 3.8) is 0 Å². The summed E-state index contributed by atoms with van der Waals surface area (Å²) in [6, 6.07) is 0. The second kappa shape index (κ2) is 85.8. The highest BCUT2D eigenvalue weighted by molar-refractivity contribution is 4.44. The van der Waals surface area contributed by atoms with Crippen LogP contribution in [0.2, 0.25) is 0 Å². The molecule has 0 unspecified atom stereocenters. The van der Waals surface area contributed by atoms with Crippen molar-refractivity contribution in [2.24, 2.45) is 0 Å². The van der Waals surface area contributed by atoms with Gasteiger partial charge in [0.25, 0.3) is 0 Å². The van der Waals surface area contributed by atoms with Crippen molar-refractivity contribution in [2.45, 2.75) is 0 Å². The lowest BCUT2D eigenvalue weighted by atomic mass is 10.6. The zero-order chi connectivity index (χ0) is 62.8. The fourth-order valence-electron chi connectivity index (χ4n) is 6.17. The van der Waals surface area contributed by atoms with E-state index in [0.717, 1.165) is 0 Å². The highest BCUT2D eigenvalue weighted by atomic mass is 16.6. The van der Waals surface area contributed by atoms with Gasteiger partial charge in [0.05, 0.1) is 383 Å². The fourth-order valence-corrected chi connectivity index (χ4v) is 6.17. The highest BCUT2D eigenvalue weighted by Gasteiger charge is 2.01. The van der Waals surface area contributed by atoms with Gasteiger partial charge in [-0.25, -0.2) is 0 Å². The van der Waals surface area contributed by atoms with Gasteiger partial charge in [-0.3, -0.25) is 0 Å². The van der Waals surface area contributed by atoms with Gasteiger partial charge in [0, 0.05) is 0 Å². The molecule has 0 aromatic heterocycles. The Morgan fingerprint density at radius 1 is 0.0795 bits per heavy atom. The first-order valence-electron chi connectivity index (χ1n) is 31.3. The Hall–Kier alpha value is -1.20. The van der Waals surface area contributed by atoms with Gasteiger partial charge in [-0.15, -0.1) is 0 Å². The first-order chi connectivity index (χ1) is 43.9. The van der Waals surface area contributed by atoms with Gasteiger partial charge >= 0.3 is 0 Å². The molecule has 0 spiro atoms. The van der Waals surface area contributed by atoms with Gasteiger partial charge in [-0.2, -0.15) is 0 Å². The molecule has 0 amide bonds. The third-order valence-corrected chi connectivity index (χ3v) is 10.5. The predicted octanol–water partition coefficient (Wildman–Crippen LogP) is -0.564. The van der Waals surface area contributed by atoms with Crippen LogP contribution in [0.3, 0.4) is 0 Å². The maximum Gasteiger partial charge on any atom is 0.0701 e. The molecule has 0 radical (unpaired) electrons. The van der Waals surface area contributed by atoms with Crippen molar-refractivity contribution >= 4 is 0 Å². The Bertz CT molecular complexity index is 1100. The molecule has 0 fully saturated rings. The van der Waals surface area contributed by atoms with Crippen LogP contribution in [-0.2, 0) is 133 Å². The summed E-state index contributed by atoms with van der Waals surface area (Å²) in [5.74, 6) is 0. The lowest BCUT2D eigenvalue weighted by molar-refractivity contribution is -0.0324. The van der Waals surface area contributed by atoms with Gasteiger partial charge in [0.15, 0.2) is 0 Å². The van der Waals surface area contributed by atoms with Crippen molar-refractivity contribution in [1.29, 1.82) is 0 Å². The monoisotopic (exact) mass is 1290 g/mol. The number of aliphatic hydroxyl groups is 2. The Morgan fingerprint density at radius 2 is 0.125 bits per heavy atom. The maximum atomic E-state index is 8.62. The van der Waals surface area contributed by atoms with Crippen molar-refractivity contribution < 1.29 is 143 Å². The predicted molar refractivity (Wildman–Crippen MR) is 317 cm³/mol. The molecule has 0 atom stereocenters. The minimum atomic E-state index is 0.0167. The molecule has 2 N–H and O–H groups in total. The van der Waals surface area contributed by atoms with E-state index in [4.69, 9.17) is 143 Å². The molecule has 30 nitrogen and oxygen atoms in total. The molecule has 0 aliphatic carbocycles. The molecule has 88 heavy (non-hydrogen) atoms. The van der Waals surface area contributed by atoms with Crippen LogP contribution < -0.4 is 0 Å². The number of hydrogen-bond acceptors (Lipinski definition) is 30. The molecular weight excluding hydrogens is 1180 g/mol. The summed E-state index contributed by atoms with van der Waals surface area (Å²) < 4.78 is 153. The standard InChI is InChI=1S/C58H118O30/c59-1-3-61-5-7-63-9-11-65-13-15-67-17-19-69-21-23-71-25-27-73-29-31-75-33-35-77-37-39-79-41-43-81-45-47-83-49-51-85-53-55-87-57-58-88-56-54-86-52-50-84-48-46-82-44-42-80-40-38-78-36-34-76-32-30-74-28-26-72-24-22-70-20-18-68-16-14-66-12-10-64-8-6-62-4-2-60/h59-60H,1-58H2. The molecule has 0 rings (SSSR count). The molecular formula is C58H118O30. The SMILES string of the molecule is OCCOCCOCCOCCOCCOCCOCCOCCOCCOCCOCCOCCOCCOCCOCCOCCOCCOCCOCCOCCOCCOCCOCCOCCOCCOCCOCCOCCOCCO. The van der Waals surface area contributed by atoms with Gasteiger partial charge in [0.1, 0.15) is 0 Å². The first-order valence-corrected chi connectivity index (χ1v) is 31.3. The van der Waals surface area contributed by atoms with E-state index in [9.17, 15) is 0 Å². The Labute approximate surface area is 524 Å². The number of ether oxygens (including phenoxy) is 28. The average molecular weight is 1300 g/mol. The summed E-state index contributed by atoms with van der Waals surface area (Å²) in [5.41, 5.74) is 0. The summed E-state index contributed by atoms with van der Waals surface area (Å²) in [6.07, 6.45) is 0. The van der Waals surface area contributed by atoms with Crippen molar-refractivity contribution in [1.82, 2.24) is 0 Å². The quantitative estimate of drug-likeness (QED) is 0.0721. The van der Waals surface area contributed by atoms with E-state index < -0.39 is 0 Å². The third kappa shape index (κ3) is 84.8. The van der Waals surface area contributed by atoms with Crippen molar-refractivity contribution in [3.05, 3.63) is 0 Å². The normalized spacial score (nSPS) is 11.8. The topological polar surface area (TPSA) is 299 Å². The van der Waals surface area contributed by atoms with E-state index in [-0.39, 0.29) is 13.2 Å². The van der Waals surface area contributed by atoms with Crippen molar-refractivity contribution in [3.8, 4) is 0 Å². The number of hydrogen-bond donors (Lipinski definition) is 2. The van der Waals surface area contributed by atoms with Gasteiger partial charge in [-0.05, 0) is 0 Å². The van der Waals surface area contributed by atoms with Gasteiger partial charge in [-0.1, -0.05) is 0 Å². The molecule has 0 aliphatic rings. The Balaban J connectivity index is 3.08. The summed E-state index contributed by atoms with van der Waals surface area (Å²) in [4.78, 5) is 0. The molecule has 530 valence electrons. The Kier molecular flexibility index (Phi) is 84.6. The van der Waals surface area contributed by atoms with Crippen LogP contribution in [0.5, 0.6) is 0 Å². The smallest absolute Gasteiger partial charge is 0.0701 e. The van der Waals surface area contributed by atoms with Crippen LogP contribution in [0.4, 0.5) is 0 Å². The van der Waals surface area contributed by atoms with E-state index in [1.165, 1.54) is 0 Å². The molecule has 0 aromatic rings. The number of rotatable bonds is 85. The fraction of sp³-hybridized carbons (Fsp3) is 1.00. The molecule has 0 aliphatic heterocycles. The van der Waals surface area contributed by atoms with E-state index in [1.807, 2.05) is 0 Å². The second-order valence-electron chi connectivity index (χ2n) is 17.6. The van der Waals surface area contributed by atoms with E-state index in [1.54, 1.807) is 0 Å². The van der Waals surface area contributed by atoms with Gasteiger partial charge in [0.2, 0.25) is 0 Å². The zero-order valence-corrected chi connectivity index (χ0v) is 53.3. The van der Waals surface area contributed by atoms with Crippen LogP contribution in [0.1, 0.15) is 0 Å². The number of aliphatic hydroxyl groups excluding tert-OH is 2. The molecule has 0 aromatic carbocycles. The summed E-state index contributed by atoms with van der Waals surface area (Å²) in [5, 5.41) is 17.2. The molecule has 0 heterocycles. The zero-order valence-electron chi connectivity index (χ0n) is 53.3. The van der Waals surface area contributed by atoms with E-state index in [0.29, 0.717) is 370 Å². The summed E-state index contributed by atoms with van der Waals surface area (Å²) in [6.45, 7) is 26.8. The minimum Gasteiger partial charge on any atom is -0.394 e. The maximum absolute atomic E-state index is 8.62. The lowest BCUT2D eigenvalue weighted by Gasteiger charge is -2.09. The average Bonchev–Trinajstić information content (AvgIpc) is 3.54.